The lowest BCUT2D eigenvalue weighted by atomic mass is 10.1. The number of rotatable bonds is 3. The van der Waals surface area contributed by atoms with Crippen LogP contribution in [0.25, 0.3) is 11.4 Å². The van der Waals surface area contributed by atoms with Gasteiger partial charge in [-0.2, -0.15) is 0 Å². The van der Waals surface area contributed by atoms with E-state index in [1.54, 1.807) is 0 Å². The molecule has 0 atom stereocenters. The summed E-state index contributed by atoms with van der Waals surface area (Å²) in [6.45, 7) is 7.36. The molecule has 0 unspecified atom stereocenters. The molecule has 0 spiro atoms. The molecule has 1 amide bonds. The van der Waals surface area contributed by atoms with Crippen molar-refractivity contribution >= 4 is 11.6 Å². The van der Waals surface area contributed by atoms with E-state index in [1.807, 2.05) is 38.1 Å². The highest BCUT2D eigenvalue weighted by molar-refractivity contribution is 6.01. The van der Waals surface area contributed by atoms with Gasteiger partial charge >= 0.3 is 0 Å². The van der Waals surface area contributed by atoms with Gasteiger partial charge in [0.05, 0.1) is 11.4 Å². The van der Waals surface area contributed by atoms with Gasteiger partial charge in [0.25, 0.3) is 0 Å². The van der Waals surface area contributed by atoms with E-state index in [2.05, 4.69) is 21.9 Å². The van der Waals surface area contributed by atoms with Crippen molar-refractivity contribution in [3.8, 4) is 11.4 Å². The molecule has 0 saturated heterocycles. The Hall–Kier alpha value is -2.36. The van der Waals surface area contributed by atoms with Crippen LogP contribution in [0.15, 0.2) is 36.9 Å². The van der Waals surface area contributed by atoms with Crippen LogP contribution in [0.5, 0.6) is 0 Å². The Morgan fingerprint density at radius 2 is 2.11 bits per heavy atom. The predicted molar refractivity (Wildman–Crippen MR) is 72.3 cm³/mol. The molecule has 2 rings (SSSR count). The number of aryl methyl sites for hydroxylation is 2. The molecule has 4 heteroatoms. The fourth-order valence-electron chi connectivity index (χ4n) is 1.66. The highest BCUT2D eigenvalue weighted by Gasteiger charge is 2.10. The van der Waals surface area contributed by atoms with Crippen LogP contribution < -0.4 is 5.32 Å². The lowest BCUT2D eigenvalue weighted by Crippen LogP contribution is -2.08. The molecule has 4 nitrogen and oxygen atoms in total. The third-order valence-electron chi connectivity index (χ3n) is 2.75. The van der Waals surface area contributed by atoms with Crippen LogP contribution in [-0.2, 0) is 4.79 Å². The highest BCUT2D eigenvalue weighted by Crippen LogP contribution is 2.26. The second-order valence-electron chi connectivity index (χ2n) is 4.03. The van der Waals surface area contributed by atoms with Crippen molar-refractivity contribution in [1.29, 1.82) is 0 Å². The number of carbonyl (C=O) groups is 1. The van der Waals surface area contributed by atoms with Gasteiger partial charge < -0.3 is 10.3 Å². The number of amides is 1. The molecule has 2 aromatic rings. The molecule has 0 aliphatic carbocycles. The zero-order valence-electron chi connectivity index (χ0n) is 10.4. The van der Waals surface area contributed by atoms with E-state index in [0.29, 0.717) is 0 Å². The number of aromatic nitrogens is 2. The van der Waals surface area contributed by atoms with Crippen molar-refractivity contribution in [2.24, 2.45) is 0 Å². The molecular weight excluding hydrogens is 226 g/mol. The van der Waals surface area contributed by atoms with Gasteiger partial charge in [-0.15, -0.1) is 0 Å². The summed E-state index contributed by atoms with van der Waals surface area (Å²) in [5.74, 6) is 0.521. The summed E-state index contributed by atoms with van der Waals surface area (Å²) in [7, 11) is 0. The first kappa shape index (κ1) is 12.1. The molecule has 0 fully saturated rings. The van der Waals surface area contributed by atoms with Gasteiger partial charge in [-0.1, -0.05) is 18.7 Å². The molecule has 1 heterocycles. The second kappa shape index (κ2) is 4.87. The number of nitrogens with zero attached hydrogens (tertiary/aromatic N) is 1. The average Bonchev–Trinajstić information content (AvgIpc) is 2.70. The lowest BCUT2D eigenvalue weighted by molar-refractivity contribution is -0.111. The molecular formula is C14H15N3O. The van der Waals surface area contributed by atoms with E-state index in [1.165, 1.54) is 6.08 Å². The Morgan fingerprint density at radius 1 is 1.39 bits per heavy atom. The Balaban J connectivity index is 2.44. The normalized spacial score (nSPS) is 10.1. The maximum Gasteiger partial charge on any atom is 0.247 e. The minimum Gasteiger partial charge on any atom is -0.342 e. The number of nitrogens with one attached hydrogen (secondary N) is 2. The molecule has 0 aliphatic rings. The van der Waals surface area contributed by atoms with Gasteiger partial charge in [-0.05, 0) is 32.1 Å². The SMILES string of the molecule is C=CC(=O)Nc1ccccc1-c1nc(C)c(C)[nH]1. The molecule has 1 aromatic carbocycles. The Kier molecular flexibility index (Phi) is 3.28. The van der Waals surface area contributed by atoms with Crippen LogP contribution in [0, 0.1) is 13.8 Å². The zero-order valence-corrected chi connectivity index (χ0v) is 10.4. The number of hydrogen-bond acceptors (Lipinski definition) is 2. The van der Waals surface area contributed by atoms with Crippen molar-refractivity contribution < 1.29 is 4.79 Å². The van der Waals surface area contributed by atoms with Crippen LogP contribution in [-0.4, -0.2) is 15.9 Å². The van der Waals surface area contributed by atoms with Crippen molar-refractivity contribution in [2.75, 3.05) is 5.32 Å². The van der Waals surface area contributed by atoms with Gasteiger partial charge in [0.2, 0.25) is 5.91 Å². The number of anilines is 1. The minimum absolute atomic E-state index is 0.234. The summed E-state index contributed by atoms with van der Waals surface area (Å²) >= 11 is 0. The summed E-state index contributed by atoms with van der Waals surface area (Å²) in [5.41, 5.74) is 3.56. The minimum atomic E-state index is -0.234. The number of H-pyrrole nitrogens is 1. The smallest absolute Gasteiger partial charge is 0.247 e. The van der Waals surface area contributed by atoms with E-state index in [4.69, 9.17) is 0 Å². The van der Waals surface area contributed by atoms with Crippen LogP contribution in [0.1, 0.15) is 11.4 Å². The molecule has 0 aliphatic heterocycles. The quantitative estimate of drug-likeness (QED) is 0.812. The number of aromatic amines is 1. The van der Waals surface area contributed by atoms with Crippen LogP contribution in [0.2, 0.25) is 0 Å². The molecule has 0 bridgehead atoms. The summed E-state index contributed by atoms with van der Waals surface area (Å²) in [4.78, 5) is 19.0. The first-order valence-corrected chi connectivity index (χ1v) is 5.68. The van der Waals surface area contributed by atoms with Crippen LogP contribution in [0.3, 0.4) is 0 Å². The Labute approximate surface area is 106 Å². The number of benzene rings is 1. The topological polar surface area (TPSA) is 57.8 Å². The second-order valence-corrected chi connectivity index (χ2v) is 4.03. The van der Waals surface area contributed by atoms with Crippen LogP contribution in [0.4, 0.5) is 5.69 Å². The van der Waals surface area contributed by atoms with Gasteiger partial charge in [-0.25, -0.2) is 4.98 Å². The standard InChI is InChI=1S/C14H15N3O/c1-4-13(18)17-12-8-6-5-7-11(12)14-15-9(2)10(3)16-14/h4-8H,1H2,2-3H3,(H,15,16)(H,17,18). The van der Waals surface area contributed by atoms with E-state index < -0.39 is 0 Å². The molecule has 1 aromatic heterocycles. The summed E-state index contributed by atoms with van der Waals surface area (Å²) < 4.78 is 0. The fraction of sp³-hybridized carbons (Fsp3) is 0.143. The van der Waals surface area contributed by atoms with Crippen molar-refractivity contribution in [3.63, 3.8) is 0 Å². The van der Waals surface area contributed by atoms with Crippen molar-refractivity contribution in [1.82, 2.24) is 9.97 Å². The van der Waals surface area contributed by atoms with E-state index in [9.17, 15) is 4.79 Å². The first-order valence-electron chi connectivity index (χ1n) is 5.68. The summed E-state index contributed by atoms with van der Waals surface area (Å²) in [5, 5.41) is 2.77. The predicted octanol–water partition coefficient (Wildman–Crippen LogP) is 2.82. The monoisotopic (exact) mass is 241 g/mol. The molecule has 92 valence electrons. The zero-order chi connectivity index (χ0) is 13.1. The summed E-state index contributed by atoms with van der Waals surface area (Å²) in [6, 6.07) is 7.53. The third-order valence-corrected chi connectivity index (χ3v) is 2.75. The van der Waals surface area contributed by atoms with E-state index in [-0.39, 0.29) is 5.91 Å². The molecule has 0 radical (unpaired) electrons. The number of para-hydroxylation sites is 1. The number of carbonyl (C=O) groups excluding carboxylic acids is 1. The summed E-state index contributed by atoms with van der Waals surface area (Å²) in [6.07, 6.45) is 1.25. The molecule has 2 N–H and O–H groups in total. The molecule has 18 heavy (non-hydrogen) atoms. The largest absolute Gasteiger partial charge is 0.342 e. The Morgan fingerprint density at radius 3 is 2.72 bits per heavy atom. The van der Waals surface area contributed by atoms with Crippen molar-refractivity contribution in [2.45, 2.75) is 13.8 Å². The van der Waals surface area contributed by atoms with E-state index in [0.717, 1.165) is 28.5 Å². The average molecular weight is 241 g/mol. The maximum absolute atomic E-state index is 11.4. The first-order chi connectivity index (χ1) is 8.61. The maximum atomic E-state index is 11.4. The van der Waals surface area contributed by atoms with Gasteiger partial charge in [0.1, 0.15) is 5.82 Å². The number of imidazole rings is 1. The lowest BCUT2D eigenvalue weighted by Gasteiger charge is -2.07. The Bertz CT molecular complexity index is 579. The third kappa shape index (κ3) is 2.32. The number of hydrogen-bond donors (Lipinski definition) is 2. The van der Waals surface area contributed by atoms with Gasteiger partial charge in [0.15, 0.2) is 0 Å². The highest BCUT2D eigenvalue weighted by atomic mass is 16.1. The van der Waals surface area contributed by atoms with Crippen molar-refractivity contribution in [3.05, 3.63) is 48.3 Å². The fourth-order valence-corrected chi connectivity index (χ4v) is 1.66. The molecule has 0 saturated carbocycles. The van der Waals surface area contributed by atoms with Crippen LogP contribution >= 0.6 is 0 Å². The van der Waals surface area contributed by atoms with Gasteiger partial charge in [-0.3, -0.25) is 4.79 Å². The van der Waals surface area contributed by atoms with Gasteiger partial charge in [0, 0.05) is 11.3 Å². The van der Waals surface area contributed by atoms with E-state index >= 15 is 0 Å².